The second kappa shape index (κ2) is 12.6. The third-order valence-corrected chi connectivity index (χ3v) is 11.8. The molecule has 1 aromatic carbocycles. The number of aromatic nitrogens is 1. The number of benzene rings is 1. The Morgan fingerprint density at radius 2 is 1.76 bits per heavy atom. The number of rotatable bonds is 9. The van der Waals surface area contributed by atoms with E-state index in [0.717, 1.165) is 37.7 Å². The van der Waals surface area contributed by atoms with Gasteiger partial charge in [-0.25, -0.2) is 0 Å². The molecule has 1 N–H and O–H groups in total. The maximum absolute atomic E-state index is 13.1. The highest BCUT2D eigenvalue weighted by Crippen LogP contribution is 2.66. The van der Waals surface area contributed by atoms with Gasteiger partial charge >= 0.3 is 11.9 Å². The lowest BCUT2D eigenvalue weighted by molar-refractivity contribution is -0.153. The normalized spacial score (nSPS) is 30.9. The average molecular weight is 611 g/mol. The Labute approximate surface area is 266 Å². The molecule has 2 aromatic rings. The number of allylic oxidation sites excluding steroid dienone is 3. The van der Waals surface area contributed by atoms with Gasteiger partial charge in [0.2, 0.25) is 5.91 Å². The maximum Gasteiger partial charge on any atom is 0.323 e. The summed E-state index contributed by atoms with van der Waals surface area (Å²) in [7, 11) is 0. The van der Waals surface area contributed by atoms with Crippen LogP contribution in [0.2, 0.25) is 0 Å². The predicted octanol–water partition coefficient (Wildman–Crippen LogP) is 7.40. The molecule has 0 bridgehead atoms. The summed E-state index contributed by atoms with van der Waals surface area (Å²) in [6.07, 6.45) is 15.7. The summed E-state index contributed by atoms with van der Waals surface area (Å²) in [4.78, 5) is 43.3. The van der Waals surface area contributed by atoms with E-state index in [2.05, 4.69) is 37.0 Å². The number of hydrogen-bond acceptors (Lipinski definition) is 5. The number of fused-ring (bicyclic) bond motifs is 5. The number of hydrogen-bond donors (Lipinski definition) is 1. The SMILES string of the molecule is C[C@H](c1ccccc1)N(CC(=O)O)C(=O)CCC(=O)O[C@H]1CC[C@@]2(C)C(=CC[C@H]3C4CC=C(c5cccnc5)[C@@]4(C)CC[C@@H]32)C1. The first kappa shape index (κ1) is 31.3. The van der Waals surface area contributed by atoms with Crippen molar-refractivity contribution in [3.63, 3.8) is 0 Å². The molecule has 4 aliphatic carbocycles. The van der Waals surface area contributed by atoms with Gasteiger partial charge in [0.25, 0.3) is 0 Å². The third-order valence-electron chi connectivity index (χ3n) is 11.8. The minimum absolute atomic E-state index is 0.0551. The summed E-state index contributed by atoms with van der Waals surface area (Å²) in [5.41, 5.74) is 5.36. The van der Waals surface area contributed by atoms with Crippen molar-refractivity contribution in [3.8, 4) is 0 Å². The molecule has 2 fully saturated rings. The lowest BCUT2D eigenvalue weighted by atomic mass is 9.47. The molecule has 1 heterocycles. The number of esters is 1. The van der Waals surface area contributed by atoms with Crippen molar-refractivity contribution in [2.45, 2.75) is 90.7 Å². The Hall–Kier alpha value is -3.74. The van der Waals surface area contributed by atoms with Crippen LogP contribution in [-0.2, 0) is 19.1 Å². The highest BCUT2D eigenvalue weighted by atomic mass is 16.5. The molecule has 1 amide bonds. The summed E-state index contributed by atoms with van der Waals surface area (Å²) in [6, 6.07) is 13.2. The van der Waals surface area contributed by atoms with Gasteiger partial charge in [0, 0.05) is 25.2 Å². The van der Waals surface area contributed by atoms with Crippen molar-refractivity contribution >= 4 is 23.4 Å². The Morgan fingerprint density at radius 1 is 0.978 bits per heavy atom. The van der Waals surface area contributed by atoms with E-state index in [0.29, 0.717) is 17.8 Å². The number of aliphatic carboxylic acids is 1. The van der Waals surface area contributed by atoms with Gasteiger partial charge in [-0.2, -0.15) is 0 Å². The molecule has 0 spiro atoms. The molecule has 7 atom stereocenters. The second-order valence-corrected chi connectivity index (χ2v) is 14.2. The molecule has 2 saturated carbocycles. The van der Waals surface area contributed by atoms with Crippen LogP contribution < -0.4 is 0 Å². The molecule has 238 valence electrons. The summed E-state index contributed by atoms with van der Waals surface area (Å²) >= 11 is 0. The largest absolute Gasteiger partial charge is 0.480 e. The fourth-order valence-corrected chi connectivity index (χ4v) is 9.36. The number of amides is 1. The van der Waals surface area contributed by atoms with Gasteiger partial charge < -0.3 is 14.7 Å². The predicted molar refractivity (Wildman–Crippen MR) is 173 cm³/mol. The van der Waals surface area contributed by atoms with Gasteiger partial charge in [0.15, 0.2) is 0 Å². The van der Waals surface area contributed by atoms with Gasteiger partial charge in [-0.1, -0.05) is 68.0 Å². The van der Waals surface area contributed by atoms with Crippen LogP contribution in [0.4, 0.5) is 0 Å². The first-order valence-corrected chi connectivity index (χ1v) is 16.7. The van der Waals surface area contributed by atoms with E-state index in [1.54, 1.807) is 0 Å². The summed E-state index contributed by atoms with van der Waals surface area (Å²) in [5.74, 6) is 0.100. The molecule has 0 aliphatic heterocycles. The quantitative estimate of drug-likeness (QED) is 0.235. The van der Waals surface area contributed by atoms with Gasteiger partial charge in [0.1, 0.15) is 12.6 Å². The molecule has 0 radical (unpaired) electrons. The van der Waals surface area contributed by atoms with Gasteiger partial charge in [-0.3, -0.25) is 19.4 Å². The van der Waals surface area contributed by atoms with E-state index in [1.165, 1.54) is 34.5 Å². The monoisotopic (exact) mass is 610 g/mol. The van der Waals surface area contributed by atoms with Crippen molar-refractivity contribution in [1.29, 1.82) is 0 Å². The lowest BCUT2D eigenvalue weighted by Crippen LogP contribution is -2.50. The fourth-order valence-electron chi connectivity index (χ4n) is 9.36. The van der Waals surface area contributed by atoms with E-state index < -0.39 is 18.6 Å². The number of carboxylic acid groups (broad SMARTS) is 1. The molecule has 7 heteroatoms. The highest BCUT2D eigenvalue weighted by molar-refractivity contribution is 5.84. The number of pyridine rings is 1. The fraction of sp³-hybridized carbons (Fsp3) is 0.526. The van der Waals surface area contributed by atoms with E-state index in [1.807, 2.05) is 55.7 Å². The topological polar surface area (TPSA) is 96.8 Å². The Morgan fingerprint density at radius 3 is 2.49 bits per heavy atom. The lowest BCUT2D eigenvalue weighted by Gasteiger charge is -2.57. The summed E-state index contributed by atoms with van der Waals surface area (Å²) in [6.45, 7) is 6.32. The third kappa shape index (κ3) is 5.98. The zero-order chi connectivity index (χ0) is 31.8. The van der Waals surface area contributed by atoms with Crippen LogP contribution >= 0.6 is 0 Å². The molecule has 7 nitrogen and oxygen atoms in total. The number of carbonyl (C=O) groups excluding carboxylic acids is 2. The minimum atomic E-state index is -1.08. The molecule has 4 aliphatic rings. The smallest absolute Gasteiger partial charge is 0.323 e. The molecule has 6 rings (SSSR count). The standard InChI is InChI=1S/C38H46N2O5/c1-25(26-8-5-4-6-9-26)40(24-35(42)43)34(41)15-16-36(44)45-29-17-19-37(2)28(22-29)11-12-30-32-14-13-31(27-10-7-21-39-23-27)38(32,3)20-18-33(30)37/h4-11,13,21,23,25,29-30,32-33H,12,14-20,22,24H2,1-3H3,(H,42,43)/t25-,29+,30+,32?,33+,37+,38-/m1/s1. The molecule has 1 aromatic heterocycles. The number of ether oxygens (including phenoxy) is 1. The first-order valence-electron chi connectivity index (χ1n) is 16.7. The zero-order valence-corrected chi connectivity index (χ0v) is 26.8. The molecular weight excluding hydrogens is 564 g/mol. The maximum atomic E-state index is 13.1. The van der Waals surface area contributed by atoms with Crippen LogP contribution in [-0.4, -0.2) is 45.5 Å². The molecular formula is C38H46N2O5. The van der Waals surface area contributed by atoms with Crippen molar-refractivity contribution in [2.75, 3.05) is 6.54 Å². The van der Waals surface area contributed by atoms with Crippen LogP contribution in [0.25, 0.3) is 5.57 Å². The van der Waals surface area contributed by atoms with Crippen molar-refractivity contribution in [2.24, 2.45) is 28.6 Å². The number of carboxylic acids is 1. The molecule has 0 saturated heterocycles. The van der Waals surface area contributed by atoms with E-state index in [-0.39, 0.29) is 41.7 Å². The van der Waals surface area contributed by atoms with Gasteiger partial charge in [-0.05, 0) is 96.8 Å². The van der Waals surface area contributed by atoms with Crippen molar-refractivity contribution in [1.82, 2.24) is 9.88 Å². The van der Waals surface area contributed by atoms with Gasteiger partial charge in [0.05, 0.1) is 12.5 Å². The minimum Gasteiger partial charge on any atom is -0.480 e. The number of carbonyl (C=O) groups is 3. The van der Waals surface area contributed by atoms with Crippen molar-refractivity contribution < 1.29 is 24.2 Å². The first-order chi connectivity index (χ1) is 21.6. The average Bonchev–Trinajstić information content (AvgIpc) is 3.40. The van der Waals surface area contributed by atoms with Crippen LogP contribution in [0.3, 0.4) is 0 Å². The zero-order valence-electron chi connectivity index (χ0n) is 26.8. The summed E-state index contributed by atoms with van der Waals surface area (Å²) < 4.78 is 5.95. The van der Waals surface area contributed by atoms with E-state index in [9.17, 15) is 19.5 Å². The van der Waals surface area contributed by atoms with Crippen LogP contribution in [0.5, 0.6) is 0 Å². The van der Waals surface area contributed by atoms with Crippen molar-refractivity contribution in [3.05, 3.63) is 83.7 Å². The molecule has 1 unspecified atom stereocenters. The van der Waals surface area contributed by atoms with Crippen LogP contribution in [0.1, 0.15) is 95.7 Å². The molecule has 45 heavy (non-hydrogen) atoms. The van der Waals surface area contributed by atoms with E-state index >= 15 is 0 Å². The highest BCUT2D eigenvalue weighted by Gasteiger charge is 2.57. The Kier molecular flexibility index (Phi) is 8.73. The second-order valence-electron chi connectivity index (χ2n) is 14.2. The van der Waals surface area contributed by atoms with E-state index in [4.69, 9.17) is 4.74 Å². The Bertz CT molecular complexity index is 1490. The Balaban J connectivity index is 1.06. The summed E-state index contributed by atoms with van der Waals surface area (Å²) in [5, 5.41) is 9.43. The van der Waals surface area contributed by atoms with Crippen LogP contribution in [0, 0.1) is 28.6 Å². The number of nitrogens with zero attached hydrogens (tertiary/aromatic N) is 2. The van der Waals surface area contributed by atoms with Gasteiger partial charge in [-0.15, -0.1) is 0 Å². The van der Waals surface area contributed by atoms with Crippen LogP contribution in [0.15, 0.2) is 72.6 Å².